The fourth-order valence-corrected chi connectivity index (χ4v) is 2.05. The number of fused-ring (bicyclic) bond motifs is 1. The first-order chi connectivity index (χ1) is 9.67. The molecule has 0 unspecified atom stereocenters. The Balaban J connectivity index is 2.18. The van der Waals surface area contributed by atoms with Crippen molar-refractivity contribution in [2.75, 3.05) is 20.2 Å². The highest BCUT2D eigenvalue weighted by Crippen LogP contribution is 2.22. The Hall–Kier alpha value is -2.30. The van der Waals surface area contributed by atoms with Gasteiger partial charge >= 0.3 is 5.97 Å². The minimum atomic E-state index is -0.326. The number of rotatable bonds is 5. The Labute approximate surface area is 117 Å². The molecule has 0 aliphatic carbocycles. The lowest BCUT2D eigenvalue weighted by Crippen LogP contribution is -2.32. The standard InChI is InChI=1S/C15H17NO4/c1-3-16(9-8-14(17)19-2)15(18)12-10-20-13-7-5-4-6-11(12)13/h4-7,10H,3,8-9H2,1-2H3. The predicted molar refractivity (Wildman–Crippen MR) is 74.4 cm³/mol. The molecule has 0 saturated carbocycles. The summed E-state index contributed by atoms with van der Waals surface area (Å²) in [5, 5.41) is 0.786. The Kier molecular flexibility index (Phi) is 4.40. The molecule has 0 N–H and O–H groups in total. The molecule has 106 valence electrons. The minimum Gasteiger partial charge on any atom is -0.469 e. The summed E-state index contributed by atoms with van der Waals surface area (Å²) in [4.78, 5) is 25.2. The Bertz CT molecular complexity index is 617. The first kappa shape index (κ1) is 14.1. The first-order valence-corrected chi connectivity index (χ1v) is 6.49. The van der Waals surface area contributed by atoms with Gasteiger partial charge in [0.05, 0.1) is 19.1 Å². The molecule has 2 rings (SSSR count). The molecular formula is C15H17NO4. The van der Waals surface area contributed by atoms with Crippen LogP contribution in [0, 0.1) is 0 Å². The number of furan rings is 1. The van der Waals surface area contributed by atoms with Crippen molar-refractivity contribution in [3.8, 4) is 0 Å². The molecule has 1 aromatic heterocycles. The van der Waals surface area contributed by atoms with Crippen LogP contribution in [0.4, 0.5) is 0 Å². The van der Waals surface area contributed by atoms with Gasteiger partial charge in [-0.2, -0.15) is 0 Å². The smallest absolute Gasteiger partial charge is 0.307 e. The summed E-state index contributed by atoms with van der Waals surface area (Å²) < 4.78 is 9.96. The van der Waals surface area contributed by atoms with Gasteiger partial charge in [0.15, 0.2) is 0 Å². The Morgan fingerprint density at radius 2 is 2.05 bits per heavy atom. The van der Waals surface area contributed by atoms with E-state index < -0.39 is 0 Å². The highest BCUT2D eigenvalue weighted by Gasteiger charge is 2.19. The van der Waals surface area contributed by atoms with Crippen LogP contribution in [0.3, 0.4) is 0 Å². The van der Waals surface area contributed by atoms with Gasteiger partial charge in [-0.05, 0) is 13.0 Å². The summed E-state index contributed by atoms with van der Waals surface area (Å²) in [6.45, 7) is 2.73. The molecule has 0 spiro atoms. The van der Waals surface area contributed by atoms with Crippen molar-refractivity contribution in [1.82, 2.24) is 4.90 Å². The Morgan fingerprint density at radius 1 is 1.30 bits per heavy atom. The number of benzene rings is 1. The maximum absolute atomic E-state index is 12.5. The molecule has 0 radical (unpaired) electrons. The van der Waals surface area contributed by atoms with Gasteiger partial charge in [-0.3, -0.25) is 9.59 Å². The molecule has 1 heterocycles. The van der Waals surface area contributed by atoms with Crippen LogP contribution in [-0.2, 0) is 9.53 Å². The van der Waals surface area contributed by atoms with Gasteiger partial charge in [0.1, 0.15) is 11.8 Å². The molecule has 1 amide bonds. The number of hydrogen-bond acceptors (Lipinski definition) is 4. The monoisotopic (exact) mass is 275 g/mol. The normalized spacial score (nSPS) is 10.5. The fraction of sp³-hybridized carbons (Fsp3) is 0.333. The third-order valence-electron chi connectivity index (χ3n) is 3.19. The lowest BCUT2D eigenvalue weighted by atomic mass is 10.1. The van der Waals surface area contributed by atoms with E-state index in [1.807, 2.05) is 31.2 Å². The quantitative estimate of drug-likeness (QED) is 0.786. The van der Waals surface area contributed by atoms with E-state index in [0.717, 1.165) is 5.39 Å². The average molecular weight is 275 g/mol. The highest BCUT2D eigenvalue weighted by molar-refractivity contribution is 6.05. The second-order valence-electron chi connectivity index (χ2n) is 4.36. The van der Waals surface area contributed by atoms with Crippen LogP contribution in [-0.4, -0.2) is 37.0 Å². The van der Waals surface area contributed by atoms with E-state index in [0.29, 0.717) is 24.2 Å². The van der Waals surface area contributed by atoms with Gasteiger partial charge in [-0.1, -0.05) is 18.2 Å². The number of carbonyl (C=O) groups is 2. The number of hydrogen-bond donors (Lipinski definition) is 0. The van der Waals surface area contributed by atoms with Crippen molar-refractivity contribution in [3.05, 3.63) is 36.1 Å². The molecule has 2 aromatic rings. The number of para-hydroxylation sites is 1. The van der Waals surface area contributed by atoms with Crippen LogP contribution >= 0.6 is 0 Å². The van der Waals surface area contributed by atoms with Gasteiger partial charge < -0.3 is 14.1 Å². The van der Waals surface area contributed by atoms with E-state index in [2.05, 4.69) is 4.74 Å². The molecule has 20 heavy (non-hydrogen) atoms. The minimum absolute atomic E-state index is 0.138. The molecule has 0 saturated heterocycles. The molecule has 0 bridgehead atoms. The van der Waals surface area contributed by atoms with Crippen LogP contribution < -0.4 is 0 Å². The maximum atomic E-state index is 12.5. The SMILES string of the molecule is CCN(CCC(=O)OC)C(=O)c1coc2ccccc12. The summed E-state index contributed by atoms with van der Waals surface area (Å²) in [6, 6.07) is 7.38. The topological polar surface area (TPSA) is 59.8 Å². The third-order valence-corrected chi connectivity index (χ3v) is 3.19. The van der Waals surface area contributed by atoms with Crippen molar-refractivity contribution in [2.45, 2.75) is 13.3 Å². The number of ether oxygens (including phenoxy) is 1. The number of carbonyl (C=O) groups excluding carboxylic acids is 2. The molecule has 5 nitrogen and oxygen atoms in total. The van der Waals surface area contributed by atoms with Gasteiger partial charge in [-0.25, -0.2) is 0 Å². The summed E-state index contributed by atoms with van der Waals surface area (Å²) >= 11 is 0. The summed E-state index contributed by atoms with van der Waals surface area (Å²) in [5.74, 6) is -0.463. The van der Waals surface area contributed by atoms with Gasteiger partial charge in [-0.15, -0.1) is 0 Å². The van der Waals surface area contributed by atoms with E-state index in [1.165, 1.54) is 13.4 Å². The number of nitrogens with zero attached hydrogens (tertiary/aromatic N) is 1. The molecule has 5 heteroatoms. The van der Waals surface area contributed by atoms with Gasteiger partial charge in [0.25, 0.3) is 5.91 Å². The summed E-state index contributed by atoms with van der Waals surface area (Å²) in [5.41, 5.74) is 1.20. The molecule has 0 aliphatic heterocycles. The van der Waals surface area contributed by atoms with E-state index in [9.17, 15) is 9.59 Å². The van der Waals surface area contributed by atoms with E-state index in [1.54, 1.807) is 4.90 Å². The second-order valence-corrected chi connectivity index (χ2v) is 4.36. The molecule has 0 aliphatic rings. The van der Waals surface area contributed by atoms with Crippen molar-refractivity contribution in [1.29, 1.82) is 0 Å². The molecular weight excluding hydrogens is 258 g/mol. The van der Waals surface area contributed by atoms with E-state index in [4.69, 9.17) is 4.42 Å². The second kappa shape index (κ2) is 6.23. The largest absolute Gasteiger partial charge is 0.469 e. The lowest BCUT2D eigenvalue weighted by molar-refractivity contribution is -0.140. The van der Waals surface area contributed by atoms with Crippen molar-refractivity contribution in [3.63, 3.8) is 0 Å². The van der Waals surface area contributed by atoms with Gasteiger partial charge in [0.2, 0.25) is 0 Å². The molecule has 0 atom stereocenters. The Morgan fingerprint density at radius 3 is 2.75 bits per heavy atom. The first-order valence-electron chi connectivity index (χ1n) is 6.49. The van der Waals surface area contributed by atoms with Crippen LogP contribution in [0.2, 0.25) is 0 Å². The summed E-state index contributed by atoms with van der Waals surface area (Å²) in [7, 11) is 1.34. The molecule has 0 fully saturated rings. The third kappa shape index (κ3) is 2.82. The van der Waals surface area contributed by atoms with Crippen LogP contribution in [0.15, 0.2) is 34.9 Å². The zero-order chi connectivity index (χ0) is 14.5. The van der Waals surface area contributed by atoms with E-state index >= 15 is 0 Å². The van der Waals surface area contributed by atoms with Crippen molar-refractivity contribution >= 4 is 22.8 Å². The highest BCUT2D eigenvalue weighted by atomic mass is 16.5. The van der Waals surface area contributed by atoms with Gasteiger partial charge in [0, 0.05) is 18.5 Å². The number of methoxy groups -OCH3 is 1. The number of amides is 1. The van der Waals surface area contributed by atoms with Crippen molar-refractivity contribution in [2.24, 2.45) is 0 Å². The van der Waals surface area contributed by atoms with Crippen LogP contribution in [0.25, 0.3) is 11.0 Å². The van der Waals surface area contributed by atoms with Crippen molar-refractivity contribution < 1.29 is 18.7 Å². The van der Waals surface area contributed by atoms with Crippen LogP contribution in [0.1, 0.15) is 23.7 Å². The van der Waals surface area contributed by atoms with Crippen LogP contribution in [0.5, 0.6) is 0 Å². The fourth-order valence-electron chi connectivity index (χ4n) is 2.05. The maximum Gasteiger partial charge on any atom is 0.307 e. The van der Waals surface area contributed by atoms with E-state index in [-0.39, 0.29) is 18.3 Å². The summed E-state index contributed by atoms with van der Waals surface area (Å²) in [6.07, 6.45) is 1.65. The zero-order valence-corrected chi connectivity index (χ0v) is 11.6. The average Bonchev–Trinajstić information content (AvgIpc) is 2.91. The number of esters is 1. The lowest BCUT2D eigenvalue weighted by Gasteiger charge is -2.19. The predicted octanol–water partition coefficient (Wildman–Crippen LogP) is 2.46. The zero-order valence-electron chi connectivity index (χ0n) is 11.6. The molecule has 1 aromatic carbocycles.